The van der Waals surface area contributed by atoms with Crippen LogP contribution < -0.4 is 9.80 Å². The lowest BCUT2D eigenvalue weighted by molar-refractivity contribution is -0.128. The van der Waals surface area contributed by atoms with Gasteiger partial charge in [0.05, 0.1) is 0 Å². The molecule has 0 bridgehead atoms. The van der Waals surface area contributed by atoms with Crippen LogP contribution in [0, 0.1) is 11.8 Å². The second-order valence-corrected chi connectivity index (χ2v) is 11.2. The Labute approximate surface area is 217 Å². The van der Waals surface area contributed by atoms with Gasteiger partial charge in [-0.05, 0) is 75.6 Å². The van der Waals surface area contributed by atoms with Crippen LogP contribution in [0.5, 0.6) is 0 Å². The van der Waals surface area contributed by atoms with Crippen LogP contribution in [0.3, 0.4) is 0 Å². The summed E-state index contributed by atoms with van der Waals surface area (Å²) in [6, 6.07) is 21.2. The fourth-order valence-electron chi connectivity index (χ4n) is 6.87. The second-order valence-electron chi connectivity index (χ2n) is 11.2. The first-order valence-electron chi connectivity index (χ1n) is 14.5. The Kier molecular flexibility index (Phi) is 8.40. The summed E-state index contributed by atoms with van der Waals surface area (Å²) in [6.07, 6.45) is 15.1. The molecule has 2 amide bonds. The molecule has 0 N–H and O–H groups in total. The summed E-state index contributed by atoms with van der Waals surface area (Å²) in [4.78, 5) is 32.1. The molecule has 3 aliphatic rings. The number of amides is 2. The molecule has 0 radical (unpaired) electrons. The summed E-state index contributed by atoms with van der Waals surface area (Å²) in [5.74, 6) is 0.615. The fourth-order valence-corrected chi connectivity index (χ4v) is 6.87. The normalized spacial score (nSPS) is 23.7. The van der Waals surface area contributed by atoms with Gasteiger partial charge in [-0.15, -0.1) is 0 Å². The third-order valence-electron chi connectivity index (χ3n) is 8.85. The minimum absolute atomic E-state index is 0.0241. The van der Waals surface area contributed by atoms with E-state index in [9.17, 15) is 9.59 Å². The van der Waals surface area contributed by atoms with E-state index in [-0.39, 0.29) is 23.7 Å². The molecule has 0 spiro atoms. The van der Waals surface area contributed by atoms with Gasteiger partial charge < -0.3 is 9.80 Å². The third-order valence-corrected chi connectivity index (χ3v) is 8.85. The number of benzene rings is 2. The Morgan fingerprint density at radius 1 is 0.472 bits per heavy atom. The number of hydrogen-bond acceptors (Lipinski definition) is 2. The van der Waals surface area contributed by atoms with Gasteiger partial charge in [-0.3, -0.25) is 9.59 Å². The van der Waals surface area contributed by atoms with Crippen LogP contribution in [0.15, 0.2) is 60.7 Å². The van der Waals surface area contributed by atoms with Crippen molar-refractivity contribution in [3.8, 4) is 0 Å². The van der Waals surface area contributed by atoms with E-state index in [1.807, 2.05) is 36.4 Å². The number of carbonyl (C=O) groups excluding carboxylic acids is 2. The summed E-state index contributed by atoms with van der Waals surface area (Å²) in [6.45, 7) is 0. The van der Waals surface area contributed by atoms with Gasteiger partial charge >= 0.3 is 0 Å². The largest absolute Gasteiger partial charge is 0.309 e. The third kappa shape index (κ3) is 5.68. The average Bonchev–Trinajstić information content (AvgIpc) is 2.96. The van der Waals surface area contributed by atoms with Gasteiger partial charge in [0.2, 0.25) is 11.8 Å². The average molecular weight is 487 g/mol. The Hall–Kier alpha value is -2.62. The summed E-state index contributed by atoms with van der Waals surface area (Å²) in [5, 5.41) is 0. The number of anilines is 2. The molecule has 0 saturated heterocycles. The van der Waals surface area contributed by atoms with E-state index >= 15 is 0 Å². The predicted octanol–water partition coefficient (Wildman–Crippen LogP) is 7.52. The summed E-state index contributed by atoms with van der Waals surface area (Å²) < 4.78 is 0. The minimum atomic E-state index is 0.0241. The number of nitrogens with zero attached hydrogens (tertiary/aromatic N) is 2. The van der Waals surface area contributed by atoms with E-state index in [1.165, 1.54) is 38.5 Å². The van der Waals surface area contributed by atoms with Gasteiger partial charge in [0.1, 0.15) is 0 Å². The van der Waals surface area contributed by atoms with Crippen molar-refractivity contribution in [1.82, 2.24) is 0 Å². The SMILES string of the molecule is O=C(C1CCC(C(=O)N(c2ccccc2)C2CCCCC2)CC1)N(c1ccccc1)C1CCCCC1. The van der Waals surface area contributed by atoms with E-state index in [1.54, 1.807) is 0 Å². The highest BCUT2D eigenvalue weighted by Gasteiger charge is 2.38. The summed E-state index contributed by atoms with van der Waals surface area (Å²) in [7, 11) is 0. The molecular formula is C32H42N2O2. The van der Waals surface area contributed by atoms with Crippen LogP contribution in [0.25, 0.3) is 0 Å². The van der Waals surface area contributed by atoms with Crippen LogP contribution in [-0.2, 0) is 9.59 Å². The Morgan fingerprint density at radius 2 is 0.806 bits per heavy atom. The zero-order chi connectivity index (χ0) is 24.7. The first kappa shape index (κ1) is 25.0. The fraction of sp³-hybridized carbons (Fsp3) is 0.562. The van der Waals surface area contributed by atoms with Crippen LogP contribution in [0.2, 0.25) is 0 Å². The molecule has 36 heavy (non-hydrogen) atoms. The molecule has 2 aromatic rings. The molecule has 0 aliphatic heterocycles. The van der Waals surface area contributed by atoms with E-state index in [0.717, 1.165) is 62.7 Å². The highest BCUT2D eigenvalue weighted by molar-refractivity contribution is 5.97. The maximum Gasteiger partial charge on any atom is 0.230 e. The van der Waals surface area contributed by atoms with Crippen molar-refractivity contribution in [3.63, 3.8) is 0 Å². The molecule has 2 aromatic carbocycles. The molecule has 3 saturated carbocycles. The molecule has 4 heteroatoms. The predicted molar refractivity (Wildman–Crippen MR) is 147 cm³/mol. The van der Waals surface area contributed by atoms with Crippen LogP contribution >= 0.6 is 0 Å². The Balaban J connectivity index is 1.28. The minimum Gasteiger partial charge on any atom is -0.309 e. The van der Waals surface area contributed by atoms with Crippen LogP contribution in [0.4, 0.5) is 11.4 Å². The van der Waals surface area contributed by atoms with E-state index in [4.69, 9.17) is 0 Å². The van der Waals surface area contributed by atoms with Crippen molar-refractivity contribution < 1.29 is 9.59 Å². The summed E-state index contributed by atoms with van der Waals surface area (Å²) >= 11 is 0. The van der Waals surface area contributed by atoms with Gasteiger partial charge in [0.25, 0.3) is 0 Å². The lowest BCUT2D eigenvalue weighted by Crippen LogP contribution is -2.48. The second kappa shape index (κ2) is 12.1. The molecule has 3 aliphatic carbocycles. The van der Waals surface area contributed by atoms with Crippen molar-refractivity contribution in [1.29, 1.82) is 0 Å². The number of carbonyl (C=O) groups is 2. The number of para-hydroxylation sites is 2. The molecule has 4 nitrogen and oxygen atoms in total. The molecule has 0 atom stereocenters. The van der Waals surface area contributed by atoms with Gasteiger partial charge in [-0.2, -0.15) is 0 Å². The van der Waals surface area contributed by atoms with Gasteiger partial charge in [0, 0.05) is 35.3 Å². The first-order chi connectivity index (χ1) is 17.7. The molecule has 3 fully saturated rings. The van der Waals surface area contributed by atoms with E-state index in [2.05, 4.69) is 34.1 Å². The maximum absolute atomic E-state index is 13.9. The van der Waals surface area contributed by atoms with Gasteiger partial charge in [0.15, 0.2) is 0 Å². The van der Waals surface area contributed by atoms with Crippen molar-refractivity contribution in [2.45, 2.75) is 102 Å². The lowest BCUT2D eigenvalue weighted by atomic mass is 9.79. The number of hydrogen-bond donors (Lipinski definition) is 0. The maximum atomic E-state index is 13.9. The molecule has 0 unspecified atom stereocenters. The standard InChI is InChI=1S/C32H42N2O2/c35-31(33(27-13-5-1-6-14-27)28-15-7-2-8-16-28)25-21-23-26(24-22-25)32(36)34(29-17-9-3-10-18-29)30-19-11-4-12-20-30/h1,3,5-6,9-10,13-14,17-18,25-26,28,30H,2,4,7-8,11-12,15-16,19-24H2. The quantitative estimate of drug-likeness (QED) is 0.423. The summed E-state index contributed by atoms with van der Waals surface area (Å²) in [5.41, 5.74) is 2.08. The molecule has 0 heterocycles. The van der Waals surface area contributed by atoms with Crippen LogP contribution in [-0.4, -0.2) is 23.9 Å². The smallest absolute Gasteiger partial charge is 0.230 e. The lowest BCUT2D eigenvalue weighted by Gasteiger charge is -2.40. The molecule has 0 aromatic heterocycles. The van der Waals surface area contributed by atoms with Crippen LogP contribution in [0.1, 0.15) is 89.9 Å². The van der Waals surface area contributed by atoms with Gasteiger partial charge in [-0.25, -0.2) is 0 Å². The molecule has 5 rings (SSSR count). The zero-order valence-electron chi connectivity index (χ0n) is 21.7. The van der Waals surface area contributed by atoms with Crippen molar-refractivity contribution >= 4 is 23.2 Å². The molecular weight excluding hydrogens is 444 g/mol. The monoisotopic (exact) mass is 486 g/mol. The molecule has 192 valence electrons. The van der Waals surface area contributed by atoms with Gasteiger partial charge in [-0.1, -0.05) is 74.9 Å². The van der Waals surface area contributed by atoms with Crippen molar-refractivity contribution in [3.05, 3.63) is 60.7 Å². The number of rotatable bonds is 6. The topological polar surface area (TPSA) is 40.6 Å². The van der Waals surface area contributed by atoms with E-state index in [0.29, 0.717) is 12.1 Å². The first-order valence-corrected chi connectivity index (χ1v) is 14.5. The van der Waals surface area contributed by atoms with Crippen molar-refractivity contribution in [2.75, 3.05) is 9.80 Å². The highest BCUT2D eigenvalue weighted by atomic mass is 16.2. The zero-order valence-corrected chi connectivity index (χ0v) is 21.7. The highest BCUT2D eigenvalue weighted by Crippen LogP contribution is 2.37. The Morgan fingerprint density at radius 3 is 1.14 bits per heavy atom. The van der Waals surface area contributed by atoms with E-state index < -0.39 is 0 Å². The Bertz CT molecular complexity index is 890. The van der Waals surface area contributed by atoms with Crippen molar-refractivity contribution in [2.24, 2.45) is 11.8 Å².